The maximum atomic E-state index is 13.9. The summed E-state index contributed by atoms with van der Waals surface area (Å²) in [4.78, 5) is 61.4. The molecule has 4 atom stereocenters. The molecule has 4 unspecified atom stereocenters. The molecule has 1 aromatic rings. The van der Waals surface area contributed by atoms with Gasteiger partial charge in [0, 0.05) is 26.2 Å². The maximum Gasteiger partial charge on any atom is 0.450 e. The number of benzene rings is 1. The Morgan fingerprint density at radius 2 is 1.64 bits per heavy atom. The second kappa shape index (κ2) is 21.0. The number of hydrogen-bond acceptors (Lipinski definition) is 11. The zero-order chi connectivity index (χ0) is 39.2. The van der Waals surface area contributed by atoms with Crippen molar-refractivity contribution in [2.45, 2.75) is 129 Å². The molecule has 15 nitrogen and oxygen atoms in total. The van der Waals surface area contributed by atoms with Gasteiger partial charge in [0.1, 0.15) is 5.54 Å². The molecule has 0 radical (unpaired) electrons. The van der Waals surface area contributed by atoms with Crippen LogP contribution in [0.3, 0.4) is 0 Å². The number of aliphatic hydroxyl groups is 1. The van der Waals surface area contributed by atoms with Crippen LogP contribution in [0.15, 0.2) is 30.3 Å². The average Bonchev–Trinajstić information content (AvgIpc) is 3.12. The molecule has 2 fully saturated rings. The lowest BCUT2D eigenvalue weighted by Gasteiger charge is -2.35. The summed E-state index contributed by atoms with van der Waals surface area (Å²) >= 11 is 0. The molecule has 16 heteroatoms. The van der Waals surface area contributed by atoms with E-state index < -0.39 is 69.7 Å². The Morgan fingerprint density at radius 1 is 0.981 bits per heavy atom. The van der Waals surface area contributed by atoms with Gasteiger partial charge in [-0.2, -0.15) is 17.4 Å². The standard InChI is InChI=1S/C37H60N4O11S/c1-7-50-35(45)37(4,5)40-53(47,48)41(22-21-25(2)3)24-32(42)31(23-26-13-9-8-10-14-26)38-33(43)29-15-11-12-16-30(29)39-36(46)52-51-34(44)27-17-19-28(49-6)20-18-27/h8-10,13-14,25,27-32,40,42H,7,11-12,15-24H2,1-6H3,(H,38,43)(H,39,46). The van der Waals surface area contributed by atoms with E-state index in [2.05, 4.69) is 15.4 Å². The van der Waals surface area contributed by atoms with Crippen molar-refractivity contribution in [3.8, 4) is 0 Å². The van der Waals surface area contributed by atoms with Crippen LogP contribution >= 0.6 is 0 Å². The molecule has 2 saturated carbocycles. The lowest BCUT2D eigenvalue weighted by molar-refractivity contribution is -0.238. The van der Waals surface area contributed by atoms with Crippen molar-refractivity contribution < 1.29 is 52.0 Å². The highest BCUT2D eigenvalue weighted by Crippen LogP contribution is 2.28. The normalized spacial score (nSPS) is 22.1. The van der Waals surface area contributed by atoms with Crippen LogP contribution in [0, 0.1) is 17.8 Å². The van der Waals surface area contributed by atoms with E-state index in [1.807, 2.05) is 44.2 Å². The Balaban J connectivity index is 1.74. The van der Waals surface area contributed by atoms with Crippen LogP contribution in [-0.4, -0.2) is 98.4 Å². The zero-order valence-corrected chi connectivity index (χ0v) is 32.8. The quantitative estimate of drug-likeness (QED) is 0.0968. The molecule has 300 valence electrons. The topological polar surface area (TPSA) is 199 Å². The highest BCUT2D eigenvalue weighted by Gasteiger charge is 2.39. The van der Waals surface area contributed by atoms with E-state index in [1.165, 1.54) is 13.8 Å². The highest BCUT2D eigenvalue weighted by molar-refractivity contribution is 7.87. The molecule has 2 aliphatic carbocycles. The van der Waals surface area contributed by atoms with E-state index in [0.717, 1.165) is 22.7 Å². The number of carbonyl (C=O) groups excluding carboxylic acids is 4. The van der Waals surface area contributed by atoms with Crippen LogP contribution in [-0.2, 0) is 50.3 Å². The van der Waals surface area contributed by atoms with Crippen molar-refractivity contribution >= 4 is 34.1 Å². The molecule has 0 bridgehead atoms. The van der Waals surface area contributed by atoms with Crippen LogP contribution < -0.4 is 15.4 Å². The van der Waals surface area contributed by atoms with Crippen molar-refractivity contribution in [3.05, 3.63) is 35.9 Å². The summed E-state index contributed by atoms with van der Waals surface area (Å²) in [6.45, 7) is 8.06. The Morgan fingerprint density at radius 3 is 2.26 bits per heavy atom. The van der Waals surface area contributed by atoms with Crippen molar-refractivity contribution in [1.29, 1.82) is 0 Å². The molecule has 0 aromatic heterocycles. The molecule has 0 aliphatic heterocycles. The molecule has 0 heterocycles. The predicted octanol–water partition coefficient (Wildman–Crippen LogP) is 3.55. The Hall–Kier alpha value is -3.31. The van der Waals surface area contributed by atoms with Gasteiger partial charge in [-0.3, -0.25) is 9.59 Å². The predicted molar refractivity (Wildman–Crippen MR) is 196 cm³/mol. The first kappa shape index (κ1) is 44.1. The van der Waals surface area contributed by atoms with E-state index in [9.17, 15) is 32.7 Å². The summed E-state index contributed by atoms with van der Waals surface area (Å²) in [5, 5.41) is 17.3. The maximum absolute atomic E-state index is 13.9. The number of ether oxygens (including phenoxy) is 2. The fourth-order valence-corrected chi connectivity index (χ4v) is 8.26. The molecule has 4 N–H and O–H groups in total. The van der Waals surface area contributed by atoms with Gasteiger partial charge in [-0.25, -0.2) is 19.4 Å². The second-order valence-corrected chi connectivity index (χ2v) is 16.7. The van der Waals surface area contributed by atoms with Gasteiger partial charge in [0.25, 0.3) is 10.2 Å². The van der Waals surface area contributed by atoms with Gasteiger partial charge in [0.15, 0.2) is 0 Å². The SMILES string of the molecule is CCOC(=O)C(C)(C)NS(=O)(=O)N(CCC(C)C)CC(O)C(Cc1ccccc1)NC(=O)C1CCCCC1NC(=O)OOC(=O)C1CCC(OC)CC1. The minimum absolute atomic E-state index is 0.0463. The number of esters is 1. The minimum atomic E-state index is -4.33. The first-order valence-electron chi connectivity index (χ1n) is 18.8. The van der Waals surface area contributed by atoms with E-state index >= 15 is 0 Å². The smallest absolute Gasteiger partial charge is 0.450 e. The Bertz CT molecular complexity index is 1440. The highest BCUT2D eigenvalue weighted by atomic mass is 32.2. The van der Waals surface area contributed by atoms with Gasteiger partial charge < -0.3 is 25.2 Å². The van der Waals surface area contributed by atoms with Crippen LogP contribution in [0.2, 0.25) is 0 Å². The number of nitrogens with zero attached hydrogens (tertiary/aromatic N) is 1. The number of rotatable bonds is 18. The summed E-state index contributed by atoms with van der Waals surface area (Å²) in [5.41, 5.74) is -0.783. The van der Waals surface area contributed by atoms with E-state index in [1.54, 1.807) is 14.0 Å². The summed E-state index contributed by atoms with van der Waals surface area (Å²) < 4.78 is 41.4. The molecule has 53 heavy (non-hydrogen) atoms. The molecule has 2 amide bonds. The van der Waals surface area contributed by atoms with Crippen molar-refractivity contribution in [2.24, 2.45) is 17.8 Å². The monoisotopic (exact) mass is 768 g/mol. The molecule has 0 saturated heterocycles. The fourth-order valence-electron chi connectivity index (χ4n) is 6.70. The first-order valence-corrected chi connectivity index (χ1v) is 20.2. The van der Waals surface area contributed by atoms with Crippen LogP contribution in [0.25, 0.3) is 0 Å². The Labute approximate surface area is 314 Å². The lowest BCUT2D eigenvalue weighted by atomic mass is 9.83. The second-order valence-electron chi connectivity index (χ2n) is 15.0. The number of aliphatic hydroxyl groups excluding tert-OH is 1. The minimum Gasteiger partial charge on any atom is -0.465 e. The third-order valence-electron chi connectivity index (χ3n) is 9.89. The summed E-state index contributed by atoms with van der Waals surface area (Å²) in [6, 6.07) is 7.60. The number of amides is 2. The van der Waals surface area contributed by atoms with Gasteiger partial charge in [-0.15, -0.1) is 0 Å². The van der Waals surface area contributed by atoms with Gasteiger partial charge in [-0.1, -0.05) is 57.0 Å². The largest absolute Gasteiger partial charge is 0.465 e. The van der Waals surface area contributed by atoms with E-state index in [4.69, 9.17) is 19.2 Å². The fraction of sp³-hybridized carbons (Fsp3) is 0.730. The van der Waals surface area contributed by atoms with Crippen molar-refractivity contribution in [2.75, 3.05) is 26.8 Å². The molecule has 0 spiro atoms. The number of methoxy groups -OCH3 is 1. The third kappa shape index (κ3) is 14.1. The molecule has 2 aliphatic rings. The van der Waals surface area contributed by atoms with Crippen molar-refractivity contribution in [1.82, 2.24) is 19.7 Å². The van der Waals surface area contributed by atoms with Crippen LogP contribution in [0.5, 0.6) is 0 Å². The number of nitrogens with one attached hydrogen (secondary N) is 3. The molecular formula is C37H60N4O11S. The summed E-state index contributed by atoms with van der Waals surface area (Å²) in [7, 11) is -2.70. The third-order valence-corrected chi connectivity index (χ3v) is 11.7. The van der Waals surface area contributed by atoms with Crippen LogP contribution in [0.4, 0.5) is 4.79 Å². The lowest BCUT2D eigenvalue weighted by Crippen LogP contribution is -2.58. The molecule has 3 rings (SSSR count). The van der Waals surface area contributed by atoms with Gasteiger partial charge in [-0.05, 0) is 83.6 Å². The van der Waals surface area contributed by atoms with E-state index in [-0.39, 0.29) is 38.1 Å². The van der Waals surface area contributed by atoms with Gasteiger partial charge in [0.2, 0.25) is 5.91 Å². The zero-order valence-electron chi connectivity index (χ0n) is 32.0. The molecule has 1 aromatic carbocycles. The number of hydrogen-bond donors (Lipinski definition) is 4. The molecular weight excluding hydrogens is 708 g/mol. The summed E-state index contributed by atoms with van der Waals surface area (Å²) in [6.07, 6.45) is 3.30. The van der Waals surface area contributed by atoms with Gasteiger partial charge >= 0.3 is 18.0 Å². The summed E-state index contributed by atoms with van der Waals surface area (Å²) in [5.74, 6) is -2.77. The van der Waals surface area contributed by atoms with E-state index in [0.29, 0.717) is 44.9 Å². The van der Waals surface area contributed by atoms with Gasteiger partial charge in [0.05, 0.1) is 36.7 Å². The van der Waals surface area contributed by atoms with Crippen LogP contribution in [0.1, 0.15) is 98.0 Å². The number of carbonyl (C=O) groups is 4. The first-order chi connectivity index (χ1) is 25.1. The van der Waals surface area contributed by atoms with Crippen molar-refractivity contribution in [3.63, 3.8) is 0 Å². The average molecular weight is 769 g/mol. The Kier molecular flexibility index (Phi) is 17.4.